The fraction of sp³-hybridized carbons (Fsp3) is 1.00. The molecule has 0 aliphatic carbocycles. The average Bonchev–Trinajstić information content (AvgIpc) is 1.61. The summed E-state index contributed by atoms with van der Waals surface area (Å²) in [7, 11) is -4.74. The van der Waals surface area contributed by atoms with Gasteiger partial charge < -0.3 is 0 Å². The summed E-state index contributed by atoms with van der Waals surface area (Å²) in [6.07, 6.45) is -0.338. The van der Waals surface area contributed by atoms with E-state index in [1.807, 2.05) is 0 Å². The molecule has 1 unspecified atom stereocenters. The van der Waals surface area contributed by atoms with E-state index in [1.165, 1.54) is 0 Å². The van der Waals surface area contributed by atoms with Crippen LogP contribution in [-0.2, 0) is 13.7 Å². The lowest BCUT2D eigenvalue weighted by Gasteiger charge is -1.66. The maximum Gasteiger partial charge on any atom is 0.506 e. The standard InChI is InChI=1S/C2H4O4P2/c3-7(4)1-2-8(5)6/h1-2H2/p+1. The molecule has 1 atom stereocenters. The van der Waals surface area contributed by atoms with Crippen LogP contribution in [0.25, 0.3) is 0 Å². The van der Waals surface area contributed by atoms with E-state index in [2.05, 4.69) is 0 Å². The van der Waals surface area contributed by atoms with Crippen molar-refractivity contribution in [2.45, 2.75) is 0 Å². The summed E-state index contributed by atoms with van der Waals surface area (Å²) in [5.74, 6) is 0. The first-order valence-corrected chi connectivity index (χ1v) is 4.64. The van der Waals surface area contributed by atoms with Gasteiger partial charge in [0, 0.05) is 0 Å². The predicted molar refractivity (Wildman–Crippen MR) is 27.9 cm³/mol. The van der Waals surface area contributed by atoms with Gasteiger partial charge in [0.05, 0.1) is 0 Å². The van der Waals surface area contributed by atoms with Gasteiger partial charge >= 0.3 is 15.7 Å². The van der Waals surface area contributed by atoms with Crippen LogP contribution in [0.3, 0.4) is 0 Å². The molecule has 0 fully saturated rings. The minimum Gasteiger partial charge on any atom is -0.237 e. The Morgan fingerprint density at radius 2 is 2.00 bits per heavy atom. The Morgan fingerprint density at radius 3 is 2.12 bits per heavy atom. The Bertz CT molecular complexity index is 140. The van der Waals surface area contributed by atoms with Crippen molar-refractivity contribution in [2.75, 3.05) is 12.3 Å². The molecule has 0 heterocycles. The molecule has 6 heteroatoms. The molecule has 0 rings (SSSR count). The van der Waals surface area contributed by atoms with Gasteiger partial charge in [-0.15, -0.1) is 0 Å². The maximum absolute atomic E-state index is 9.78. The molecule has 4 nitrogen and oxygen atoms in total. The molecule has 1 N–H and O–H groups in total. The van der Waals surface area contributed by atoms with E-state index >= 15 is 0 Å². The van der Waals surface area contributed by atoms with Crippen LogP contribution in [-0.4, -0.2) is 17.2 Å². The fourth-order valence-corrected chi connectivity index (χ4v) is 1.50. The normalized spacial score (nSPS) is 10.9. The third-order valence-corrected chi connectivity index (χ3v) is 2.02. The lowest BCUT2D eigenvalue weighted by Crippen LogP contribution is -1.76. The Labute approximate surface area is 47.6 Å². The van der Waals surface area contributed by atoms with Crippen molar-refractivity contribution in [3.05, 3.63) is 0 Å². The van der Waals surface area contributed by atoms with E-state index in [0.717, 1.165) is 0 Å². The summed E-state index contributed by atoms with van der Waals surface area (Å²) >= 11 is 0. The third-order valence-electron chi connectivity index (χ3n) is 0.474. The number of hydrogen-bond acceptors (Lipinski definition) is 3. The van der Waals surface area contributed by atoms with Crippen molar-refractivity contribution < 1.29 is 18.6 Å². The molecule has 0 saturated carbocycles. The molecular weight excluding hydrogens is 150 g/mol. The number of rotatable bonds is 3. The van der Waals surface area contributed by atoms with E-state index in [1.54, 1.807) is 0 Å². The highest BCUT2D eigenvalue weighted by molar-refractivity contribution is 7.40. The fourth-order valence-electron chi connectivity index (χ4n) is 0.167. The van der Waals surface area contributed by atoms with Gasteiger partial charge in [-0.3, -0.25) is 0 Å². The van der Waals surface area contributed by atoms with Gasteiger partial charge in [-0.05, 0) is 4.57 Å². The molecule has 0 bridgehead atoms. The van der Waals surface area contributed by atoms with E-state index in [9.17, 15) is 13.7 Å². The van der Waals surface area contributed by atoms with Gasteiger partial charge in [-0.1, -0.05) is 0 Å². The molecule has 0 aliphatic rings. The summed E-state index contributed by atoms with van der Waals surface area (Å²) in [5.41, 5.74) is 0. The van der Waals surface area contributed by atoms with Crippen LogP contribution in [0.1, 0.15) is 0 Å². The highest BCUT2D eigenvalue weighted by Gasteiger charge is 2.10. The Hall–Kier alpha value is -0.0400. The molecule has 0 aliphatic heterocycles. The first-order chi connectivity index (χ1) is 3.63. The molecular formula is C2H5O4P2+. The smallest absolute Gasteiger partial charge is 0.237 e. The van der Waals surface area contributed by atoms with Gasteiger partial charge in [0.1, 0.15) is 6.16 Å². The SMILES string of the molecule is O=P(=O)CC[P+](=O)O. The first-order valence-electron chi connectivity index (χ1n) is 1.88. The summed E-state index contributed by atoms with van der Waals surface area (Å²) in [4.78, 5) is 8.04. The lowest BCUT2D eigenvalue weighted by molar-refractivity contribution is 0.499. The van der Waals surface area contributed by atoms with Crippen molar-refractivity contribution in [3.8, 4) is 0 Å². The summed E-state index contributed by atoms with van der Waals surface area (Å²) in [6, 6.07) is 0. The van der Waals surface area contributed by atoms with Crippen LogP contribution >= 0.6 is 15.7 Å². The zero-order chi connectivity index (χ0) is 6.57. The number of hydrogen-bond donors (Lipinski definition) is 1. The van der Waals surface area contributed by atoms with Crippen LogP contribution in [0.15, 0.2) is 0 Å². The lowest BCUT2D eigenvalue weighted by atomic mass is 11.0. The Morgan fingerprint density at radius 1 is 1.50 bits per heavy atom. The van der Waals surface area contributed by atoms with Crippen LogP contribution in [0.4, 0.5) is 0 Å². The minimum atomic E-state index is -2.48. The van der Waals surface area contributed by atoms with E-state index in [-0.39, 0.29) is 12.3 Å². The second-order valence-electron chi connectivity index (χ2n) is 1.13. The summed E-state index contributed by atoms with van der Waals surface area (Å²) in [5, 5.41) is 0. The van der Waals surface area contributed by atoms with E-state index in [4.69, 9.17) is 4.89 Å². The second-order valence-corrected chi connectivity index (χ2v) is 3.40. The van der Waals surface area contributed by atoms with Crippen LogP contribution < -0.4 is 0 Å². The van der Waals surface area contributed by atoms with Gasteiger partial charge in [-0.25, -0.2) is 9.13 Å². The Balaban J connectivity index is 3.32. The predicted octanol–water partition coefficient (Wildman–Crippen LogP) is 0.894. The molecule has 0 saturated heterocycles. The summed E-state index contributed by atoms with van der Waals surface area (Å²) in [6.45, 7) is 0. The zero-order valence-corrected chi connectivity index (χ0v) is 5.77. The van der Waals surface area contributed by atoms with E-state index < -0.39 is 15.7 Å². The van der Waals surface area contributed by atoms with Crippen molar-refractivity contribution in [3.63, 3.8) is 0 Å². The molecule has 46 valence electrons. The topological polar surface area (TPSA) is 71.4 Å². The van der Waals surface area contributed by atoms with Gasteiger partial charge in [0.2, 0.25) is 0 Å². The largest absolute Gasteiger partial charge is 0.506 e. The second kappa shape index (κ2) is 3.90. The maximum atomic E-state index is 9.78. The quantitative estimate of drug-likeness (QED) is 0.614. The molecule has 0 spiro atoms. The monoisotopic (exact) mass is 155 g/mol. The van der Waals surface area contributed by atoms with Crippen molar-refractivity contribution >= 4 is 15.7 Å². The summed E-state index contributed by atoms with van der Waals surface area (Å²) < 4.78 is 29.2. The van der Waals surface area contributed by atoms with E-state index in [0.29, 0.717) is 0 Å². The van der Waals surface area contributed by atoms with Gasteiger partial charge in [0.25, 0.3) is 0 Å². The highest BCUT2D eigenvalue weighted by Crippen LogP contribution is 2.16. The van der Waals surface area contributed by atoms with Crippen LogP contribution in [0.2, 0.25) is 0 Å². The highest BCUT2D eigenvalue weighted by atomic mass is 31.1. The zero-order valence-electron chi connectivity index (χ0n) is 3.98. The molecule has 0 aromatic heterocycles. The van der Waals surface area contributed by atoms with Crippen LogP contribution in [0.5, 0.6) is 0 Å². The molecule has 0 aromatic rings. The average molecular weight is 155 g/mol. The van der Waals surface area contributed by atoms with Gasteiger partial charge in [0.15, 0.2) is 6.16 Å². The van der Waals surface area contributed by atoms with Crippen molar-refractivity contribution in [1.82, 2.24) is 0 Å². The minimum absolute atomic E-state index is 0.145. The van der Waals surface area contributed by atoms with Crippen LogP contribution in [0, 0.1) is 0 Å². The molecule has 0 amide bonds. The molecule has 0 radical (unpaired) electrons. The third kappa shape index (κ3) is 5.96. The van der Waals surface area contributed by atoms with Crippen molar-refractivity contribution in [2.24, 2.45) is 0 Å². The van der Waals surface area contributed by atoms with Crippen molar-refractivity contribution in [1.29, 1.82) is 0 Å². The molecule has 0 aromatic carbocycles. The first kappa shape index (κ1) is 7.96. The molecule has 8 heavy (non-hydrogen) atoms. The Kier molecular flexibility index (Phi) is 3.88. The van der Waals surface area contributed by atoms with Gasteiger partial charge in [-0.2, -0.15) is 4.89 Å².